The predicted molar refractivity (Wildman–Crippen MR) is 69.8 cm³/mol. The second-order valence-corrected chi connectivity index (χ2v) is 4.53. The van der Waals surface area contributed by atoms with Crippen LogP contribution in [0, 0.1) is 6.92 Å². The molecule has 2 rings (SSSR count). The van der Waals surface area contributed by atoms with E-state index in [1.54, 1.807) is 6.92 Å². The van der Waals surface area contributed by atoms with Crippen molar-refractivity contribution in [2.75, 3.05) is 5.73 Å². The fourth-order valence-corrected chi connectivity index (χ4v) is 2.00. The lowest BCUT2D eigenvalue weighted by Gasteiger charge is -2.14. The Morgan fingerprint density at radius 2 is 1.68 bits per heavy atom. The van der Waals surface area contributed by atoms with Gasteiger partial charge in [-0.3, -0.25) is 0 Å². The van der Waals surface area contributed by atoms with E-state index >= 15 is 0 Å². The van der Waals surface area contributed by atoms with E-state index in [0.29, 0.717) is 23.2 Å². The topological polar surface area (TPSA) is 26.0 Å². The van der Waals surface area contributed by atoms with Crippen molar-refractivity contribution in [1.82, 2.24) is 0 Å². The zero-order valence-corrected chi connectivity index (χ0v) is 10.5. The van der Waals surface area contributed by atoms with E-state index < -0.39 is 11.7 Å². The summed E-state index contributed by atoms with van der Waals surface area (Å²) in [5.41, 5.74) is 7.56. The van der Waals surface area contributed by atoms with Crippen LogP contribution in [-0.2, 0) is 12.6 Å². The first-order valence-corrected chi connectivity index (χ1v) is 5.88. The maximum absolute atomic E-state index is 12.8. The van der Waals surface area contributed by atoms with Crippen LogP contribution in [0.5, 0.6) is 0 Å². The first-order valence-electron chi connectivity index (χ1n) is 5.88. The number of hydrogen-bond acceptors (Lipinski definition) is 1. The van der Waals surface area contributed by atoms with Crippen LogP contribution in [0.1, 0.15) is 22.3 Å². The molecule has 0 heterocycles. The van der Waals surface area contributed by atoms with Crippen molar-refractivity contribution >= 4 is 5.69 Å². The van der Waals surface area contributed by atoms with Crippen LogP contribution in [0.15, 0.2) is 42.5 Å². The average Bonchev–Trinajstić information content (AvgIpc) is 2.34. The molecule has 0 radical (unpaired) electrons. The summed E-state index contributed by atoms with van der Waals surface area (Å²) in [6.45, 7) is 1.60. The fraction of sp³-hybridized carbons (Fsp3) is 0.200. The van der Waals surface area contributed by atoms with E-state index in [1.807, 2.05) is 30.3 Å². The Kier molecular flexibility index (Phi) is 3.51. The van der Waals surface area contributed by atoms with Crippen molar-refractivity contribution in [3.8, 4) is 0 Å². The van der Waals surface area contributed by atoms with E-state index in [2.05, 4.69) is 0 Å². The van der Waals surface area contributed by atoms with Crippen LogP contribution in [-0.4, -0.2) is 0 Å². The SMILES string of the molecule is Cc1cc(C(F)(F)F)cc(Cc2ccccc2)c1N. The molecule has 0 saturated heterocycles. The van der Waals surface area contributed by atoms with Crippen molar-refractivity contribution < 1.29 is 13.2 Å². The molecule has 0 fully saturated rings. The Morgan fingerprint density at radius 3 is 2.26 bits per heavy atom. The fourth-order valence-electron chi connectivity index (χ4n) is 2.00. The van der Waals surface area contributed by atoms with Gasteiger partial charge in [0.05, 0.1) is 5.56 Å². The Morgan fingerprint density at radius 1 is 1.05 bits per heavy atom. The summed E-state index contributed by atoms with van der Waals surface area (Å²) in [5, 5.41) is 0. The molecule has 0 saturated carbocycles. The third kappa shape index (κ3) is 3.08. The van der Waals surface area contributed by atoms with Crippen molar-refractivity contribution in [2.45, 2.75) is 19.5 Å². The van der Waals surface area contributed by atoms with Gasteiger partial charge in [0.2, 0.25) is 0 Å². The molecule has 2 N–H and O–H groups in total. The van der Waals surface area contributed by atoms with Crippen molar-refractivity contribution in [3.05, 3.63) is 64.7 Å². The summed E-state index contributed by atoms with van der Waals surface area (Å²) in [6.07, 6.45) is -3.94. The number of nitrogen functional groups attached to an aromatic ring is 1. The molecule has 19 heavy (non-hydrogen) atoms. The largest absolute Gasteiger partial charge is 0.416 e. The summed E-state index contributed by atoms with van der Waals surface area (Å²) in [6, 6.07) is 11.5. The van der Waals surface area contributed by atoms with E-state index in [9.17, 15) is 13.2 Å². The highest BCUT2D eigenvalue weighted by molar-refractivity contribution is 5.56. The summed E-state index contributed by atoms with van der Waals surface area (Å²) < 4.78 is 38.3. The van der Waals surface area contributed by atoms with Gasteiger partial charge < -0.3 is 5.73 Å². The first-order chi connectivity index (χ1) is 8.88. The van der Waals surface area contributed by atoms with Gasteiger partial charge in [0.15, 0.2) is 0 Å². The summed E-state index contributed by atoms with van der Waals surface area (Å²) >= 11 is 0. The lowest BCUT2D eigenvalue weighted by Crippen LogP contribution is -2.08. The molecule has 2 aromatic carbocycles. The van der Waals surface area contributed by atoms with Gasteiger partial charge in [0.25, 0.3) is 0 Å². The Hall–Kier alpha value is -1.97. The molecular weight excluding hydrogens is 251 g/mol. The average molecular weight is 265 g/mol. The maximum Gasteiger partial charge on any atom is 0.416 e. The van der Waals surface area contributed by atoms with E-state index in [-0.39, 0.29) is 0 Å². The molecule has 2 aromatic rings. The van der Waals surface area contributed by atoms with Crippen LogP contribution in [0.2, 0.25) is 0 Å². The van der Waals surface area contributed by atoms with Crippen molar-refractivity contribution in [1.29, 1.82) is 0 Å². The molecule has 100 valence electrons. The molecule has 4 heteroatoms. The molecule has 1 nitrogen and oxygen atoms in total. The molecule has 0 bridgehead atoms. The number of benzene rings is 2. The van der Waals surface area contributed by atoms with Gasteiger partial charge in [-0.15, -0.1) is 0 Å². The number of aryl methyl sites for hydroxylation is 1. The van der Waals surface area contributed by atoms with Gasteiger partial charge in [-0.2, -0.15) is 13.2 Å². The number of halogens is 3. The summed E-state index contributed by atoms with van der Waals surface area (Å²) in [5.74, 6) is 0. The van der Waals surface area contributed by atoms with Crippen LogP contribution >= 0.6 is 0 Å². The molecule has 0 aliphatic rings. The van der Waals surface area contributed by atoms with Gasteiger partial charge in [-0.05, 0) is 42.2 Å². The van der Waals surface area contributed by atoms with Crippen molar-refractivity contribution in [2.24, 2.45) is 0 Å². The minimum absolute atomic E-state index is 0.400. The van der Waals surface area contributed by atoms with Crippen LogP contribution in [0.4, 0.5) is 18.9 Å². The third-order valence-electron chi connectivity index (χ3n) is 3.04. The van der Waals surface area contributed by atoms with Gasteiger partial charge in [-0.25, -0.2) is 0 Å². The van der Waals surface area contributed by atoms with Gasteiger partial charge in [0, 0.05) is 5.69 Å². The van der Waals surface area contributed by atoms with Crippen LogP contribution in [0.25, 0.3) is 0 Å². The zero-order valence-electron chi connectivity index (χ0n) is 10.5. The number of nitrogens with two attached hydrogens (primary N) is 1. The monoisotopic (exact) mass is 265 g/mol. The maximum atomic E-state index is 12.8. The highest BCUT2D eigenvalue weighted by Crippen LogP contribution is 2.33. The number of anilines is 1. The lowest BCUT2D eigenvalue weighted by atomic mass is 9.98. The van der Waals surface area contributed by atoms with Gasteiger partial charge >= 0.3 is 6.18 Å². The first kappa shape index (κ1) is 13.5. The molecule has 0 amide bonds. The Bertz CT molecular complexity index is 574. The van der Waals surface area contributed by atoms with E-state index in [4.69, 9.17) is 5.73 Å². The van der Waals surface area contributed by atoms with E-state index in [1.165, 1.54) is 0 Å². The zero-order chi connectivity index (χ0) is 14.0. The molecular formula is C15H14F3N. The number of alkyl halides is 3. The minimum atomic E-state index is -4.34. The second-order valence-electron chi connectivity index (χ2n) is 4.53. The third-order valence-corrected chi connectivity index (χ3v) is 3.04. The number of rotatable bonds is 2. The van der Waals surface area contributed by atoms with Crippen molar-refractivity contribution in [3.63, 3.8) is 0 Å². The summed E-state index contributed by atoms with van der Waals surface area (Å²) in [4.78, 5) is 0. The summed E-state index contributed by atoms with van der Waals surface area (Å²) in [7, 11) is 0. The molecule has 0 aliphatic heterocycles. The molecule has 0 unspecified atom stereocenters. The smallest absolute Gasteiger partial charge is 0.398 e. The highest BCUT2D eigenvalue weighted by atomic mass is 19.4. The molecule has 0 aromatic heterocycles. The Balaban J connectivity index is 2.42. The van der Waals surface area contributed by atoms with Crippen LogP contribution < -0.4 is 5.73 Å². The quantitative estimate of drug-likeness (QED) is 0.810. The normalized spacial score (nSPS) is 11.6. The molecule has 0 atom stereocenters. The predicted octanol–water partition coefficient (Wildman–Crippen LogP) is 4.19. The standard InChI is InChI=1S/C15H14F3N/c1-10-7-13(15(16,17)18)9-12(14(10)19)8-11-5-3-2-4-6-11/h2-7,9H,8,19H2,1H3. The van der Waals surface area contributed by atoms with Crippen LogP contribution in [0.3, 0.4) is 0 Å². The van der Waals surface area contributed by atoms with E-state index in [0.717, 1.165) is 17.7 Å². The molecule has 0 spiro atoms. The van der Waals surface area contributed by atoms with Gasteiger partial charge in [-0.1, -0.05) is 30.3 Å². The number of hydrogen-bond donors (Lipinski definition) is 1. The minimum Gasteiger partial charge on any atom is -0.398 e. The Labute approximate surface area is 109 Å². The molecule has 0 aliphatic carbocycles. The van der Waals surface area contributed by atoms with Gasteiger partial charge in [0.1, 0.15) is 0 Å². The highest BCUT2D eigenvalue weighted by Gasteiger charge is 2.31. The second kappa shape index (κ2) is 4.96. The lowest BCUT2D eigenvalue weighted by molar-refractivity contribution is -0.137.